The molecule has 32 heavy (non-hydrogen) atoms. The molecule has 8 nitrogen and oxygen atoms in total. The molecule has 3 N–H and O–H groups in total. The fourth-order valence-corrected chi connectivity index (χ4v) is 3.51. The van der Waals surface area contributed by atoms with Crippen LogP contribution in [0.4, 0.5) is 5.82 Å². The van der Waals surface area contributed by atoms with Crippen molar-refractivity contribution < 1.29 is 14.3 Å². The summed E-state index contributed by atoms with van der Waals surface area (Å²) in [5.41, 5.74) is 9.52. The van der Waals surface area contributed by atoms with Crippen molar-refractivity contribution in [1.82, 2.24) is 15.0 Å². The lowest BCUT2D eigenvalue weighted by atomic mass is 10.0. The number of fused-ring (bicyclic) bond motifs is 1. The molecule has 4 aromatic rings. The normalized spacial score (nSPS) is 10.7. The molecule has 0 aliphatic rings. The smallest absolute Gasteiger partial charge is 0.249 e. The molecule has 0 radical (unpaired) electrons. The van der Waals surface area contributed by atoms with Crippen LogP contribution in [0.2, 0.25) is 0 Å². The molecule has 8 heteroatoms. The number of hydrogen-bond acceptors (Lipinski definition) is 7. The largest absolute Gasteiger partial charge is 0.493 e. The predicted octanol–water partition coefficient (Wildman–Crippen LogP) is 3.46. The van der Waals surface area contributed by atoms with Crippen LogP contribution in [0.25, 0.3) is 22.3 Å². The molecule has 4 rings (SSSR count). The van der Waals surface area contributed by atoms with Gasteiger partial charge in [-0.1, -0.05) is 24.3 Å². The van der Waals surface area contributed by atoms with Gasteiger partial charge in [0.2, 0.25) is 5.91 Å². The zero-order valence-corrected chi connectivity index (χ0v) is 17.8. The third kappa shape index (κ3) is 4.29. The minimum absolute atomic E-state index is 0.390. The van der Waals surface area contributed by atoms with Crippen LogP contribution in [0.1, 0.15) is 15.9 Å². The maximum atomic E-state index is 11.9. The van der Waals surface area contributed by atoms with Crippen LogP contribution >= 0.6 is 0 Å². The number of primary amides is 1. The standard InChI is InChI=1S/C24H23N5O3/c1-31-19-9-7-15(13-20(19)32-2)11-12-26-21-10-8-18-23(29-21)22(28-14-27-18)16-5-3-4-6-17(16)24(25)30/h3-10,13-14H,11-12H2,1-2H3,(H2,25,30)(H,26,29). The highest BCUT2D eigenvalue weighted by Crippen LogP contribution is 2.29. The minimum Gasteiger partial charge on any atom is -0.493 e. The summed E-state index contributed by atoms with van der Waals surface area (Å²) in [4.78, 5) is 25.3. The van der Waals surface area contributed by atoms with Crippen LogP contribution < -0.4 is 20.5 Å². The number of carbonyl (C=O) groups is 1. The lowest BCUT2D eigenvalue weighted by Crippen LogP contribution is -2.12. The van der Waals surface area contributed by atoms with Crippen molar-refractivity contribution in [2.45, 2.75) is 6.42 Å². The molecule has 2 aromatic heterocycles. The van der Waals surface area contributed by atoms with E-state index < -0.39 is 5.91 Å². The van der Waals surface area contributed by atoms with Gasteiger partial charge in [0.1, 0.15) is 23.4 Å². The Hall–Kier alpha value is -4.20. The Morgan fingerprint density at radius 3 is 2.59 bits per heavy atom. The number of rotatable bonds is 8. The summed E-state index contributed by atoms with van der Waals surface area (Å²) in [5, 5.41) is 3.34. The molecule has 0 aliphatic carbocycles. The predicted molar refractivity (Wildman–Crippen MR) is 123 cm³/mol. The Kier molecular flexibility index (Phi) is 6.12. The van der Waals surface area contributed by atoms with Crippen molar-refractivity contribution in [1.29, 1.82) is 0 Å². The Morgan fingerprint density at radius 1 is 1.00 bits per heavy atom. The molecule has 2 aromatic carbocycles. The summed E-state index contributed by atoms with van der Waals surface area (Å²) in [6.45, 7) is 0.662. The number of amides is 1. The van der Waals surface area contributed by atoms with Crippen molar-refractivity contribution in [3.8, 4) is 22.8 Å². The highest BCUT2D eigenvalue weighted by Gasteiger charge is 2.15. The average Bonchev–Trinajstić information content (AvgIpc) is 2.83. The van der Waals surface area contributed by atoms with Crippen LogP contribution in [-0.4, -0.2) is 41.6 Å². The number of hydrogen-bond donors (Lipinski definition) is 2. The van der Waals surface area contributed by atoms with Gasteiger partial charge in [-0.05, 0) is 42.3 Å². The molecule has 0 saturated carbocycles. The molecule has 0 bridgehead atoms. The van der Waals surface area contributed by atoms with E-state index in [2.05, 4.69) is 15.3 Å². The van der Waals surface area contributed by atoms with E-state index in [4.69, 9.17) is 20.2 Å². The molecule has 0 spiro atoms. The first-order valence-electron chi connectivity index (χ1n) is 10.1. The number of nitrogens with two attached hydrogens (primary N) is 1. The Bertz CT molecular complexity index is 1280. The maximum absolute atomic E-state index is 11.9. The van der Waals surface area contributed by atoms with Crippen molar-refractivity contribution in [3.63, 3.8) is 0 Å². The van der Waals surface area contributed by atoms with Crippen LogP contribution in [0.3, 0.4) is 0 Å². The summed E-state index contributed by atoms with van der Waals surface area (Å²) >= 11 is 0. The van der Waals surface area contributed by atoms with Gasteiger partial charge in [0.25, 0.3) is 0 Å². The Labute approximate surface area is 185 Å². The number of nitrogens with zero attached hydrogens (tertiary/aromatic N) is 3. The van der Waals surface area contributed by atoms with Gasteiger partial charge in [0.05, 0.1) is 19.7 Å². The highest BCUT2D eigenvalue weighted by molar-refractivity contribution is 6.02. The number of ether oxygens (including phenoxy) is 2. The van der Waals surface area contributed by atoms with E-state index in [1.807, 2.05) is 36.4 Å². The molecule has 1 amide bonds. The monoisotopic (exact) mass is 429 g/mol. The molecule has 0 aliphatic heterocycles. The molecule has 0 unspecified atom stereocenters. The lowest BCUT2D eigenvalue weighted by Gasteiger charge is -2.11. The van der Waals surface area contributed by atoms with E-state index in [-0.39, 0.29) is 0 Å². The topological polar surface area (TPSA) is 112 Å². The van der Waals surface area contributed by atoms with Gasteiger partial charge in [0.15, 0.2) is 11.5 Å². The van der Waals surface area contributed by atoms with E-state index in [0.29, 0.717) is 51.7 Å². The third-order valence-electron chi connectivity index (χ3n) is 5.10. The van der Waals surface area contributed by atoms with Crippen molar-refractivity contribution in [2.24, 2.45) is 5.73 Å². The highest BCUT2D eigenvalue weighted by atomic mass is 16.5. The number of pyridine rings is 1. The van der Waals surface area contributed by atoms with Crippen LogP contribution in [0.5, 0.6) is 11.5 Å². The number of carbonyl (C=O) groups excluding carboxylic acids is 1. The second-order valence-electron chi connectivity index (χ2n) is 7.06. The summed E-state index contributed by atoms with van der Waals surface area (Å²) in [6, 6.07) is 16.7. The van der Waals surface area contributed by atoms with Crippen LogP contribution in [0, 0.1) is 0 Å². The van der Waals surface area contributed by atoms with Gasteiger partial charge < -0.3 is 20.5 Å². The minimum atomic E-state index is -0.517. The maximum Gasteiger partial charge on any atom is 0.249 e. The molecular formula is C24H23N5O3. The zero-order chi connectivity index (χ0) is 22.5. The first-order valence-corrected chi connectivity index (χ1v) is 10.1. The van der Waals surface area contributed by atoms with Gasteiger partial charge >= 0.3 is 0 Å². The number of nitrogens with one attached hydrogen (secondary N) is 1. The van der Waals surface area contributed by atoms with Gasteiger partial charge in [-0.25, -0.2) is 15.0 Å². The summed E-state index contributed by atoms with van der Waals surface area (Å²) in [7, 11) is 3.24. The van der Waals surface area contributed by atoms with E-state index in [1.165, 1.54) is 6.33 Å². The number of benzene rings is 2. The molecule has 2 heterocycles. The van der Waals surface area contributed by atoms with Crippen molar-refractivity contribution >= 4 is 22.8 Å². The number of aromatic nitrogens is 3. The molecule has 0 atom stereocenters. The number of methoxy groups -OCH3 is 2. The van der Waals surface area contributed by atoms with Gasteiger partial charge in [-0.3, -0.25) is 4.79 Å². The van der Waals surface area contributed by atoms with Crippen molar-refractivity contribution in [3.05, 3.63) is 72.1 Å². The summed E-state index contributed by atoms with van der Waals surface area (Å²) < 4.78 is 10.7. The van der Waals surface area contributed by atoms with Crippen molar-refractivity contribution in [2.75, 3.05) is 26.1 Å². The SMILES string of the molecule is COc1ccc(CCNc2ccc3ncnc(-c4ccccc4C(N)=O)c3n2)cc1OC. The fourth-order valence-electron chi connectivity index (χ4n) is 3.51. The van der Waals surface area contributed by atoms with Crippen LogP contribution in [-0.2, 0) is 6.42 Å². The van der Waals surface area contributed by atoms with E-state index in [0.717, 1.165) is 12.0 Å². The van der Waals surface area contributed by atoms with E-state index in [1.54, 1.807) is 32.4 Å². The molecule has 0 saturated heterocycles. The Morgan fingerprint density at radius 2 is 1.81 bits per heavy atom. The van der Waals surface area contributed by atoms with E-state index >= 15 is 0 Å². The average molecular weight is 429 g/mol. The van der Waals surface area contributed by atoms with Gasteiger partial charge in [-0.15, -0.1) is 0 Å². The molecular weight excluding hydrogens is 406 g/mol. The molecule has 162 valence electrons. The second-order valence-corrected chi connectivity index (χ2v) is 7.06. The summed E-state index contributed by atoms with van der Waals surface area (Å²) in [5.74, 6) is 1.56. The Balaban J connectivity index is 1.58. The van der Waals surface area contributed by atoms with Crippen LogP contribution in [0.15, 0.2) is 60.9 Å². The first kappa shape index (κ1) is 21.0. The van der Waals surface area contributed by atoms with Gasteiger partial charge in [-0.2, -0.15) is 0 Å². The first-order chi connectivity index (χ1) is 15.6. The lowest BCUT2D eigenvalue weighted by molar-refractivity contribution is 0.100. The fraction of sp³-hybridized carbons (Fsp3) is 0.167. The van der Waals surface area contributed by atoms with E-state index in [9.17, 15) is 4.79 Å². The molecule has 0 fully saturated rings. The van der Waals surface area contributed by atoms with Gasteiger partial charge in [0, 0.05) is 17.7 Å². The summed E-state index contributed by atoms with van der Waals surface area (Å²) in [6.07, 6.45) is 2.23. The zero-order valence-electron chi connectivity index (χ0n) is 17.8. The second kappa shape index (κ2) is 9.30. The third-order valence-corrected chi connectivity index (χ3v) is 5.10. The quantitative estimate of drug-likeness (QED) is 0.441. The number of anilines is 1.